The third-order valence-corrected chi connectivity index (χ3v) is 7.67. The molecule has 7 nitrogen and oxygen atoms in total. The number of sulfonamides is 1. The minimum absolute atomic E-state index is 0.0604. The molecule has 1 aliphatic rings. The van der Waals surface area contributed by atoms with Gasteiger partial charge in [-0.3, -0.25) is 9.10 Å². The van der Waals surface area contributed by atoms with E-state index in [1.807, 2.05) is 29.2 Å². The quantitative estimate of drug-likeness (QED) is 0.558. The fourth-order valence-corrected chi connectivity index (χ4v) is 5.14. The normalized spacial score (nSPS) is 14.1. The van der Waals surface area contributed by atoms with Crippen LogP contribution in [0.15, 0.2) is 83.8 Å². The standard InChI is InChI=1S/C25H27N3O4S/c1-26(33(30,31)22-8-4-3-5-9-22)21-14-12-20(13-15-21)25(29)28-18-16-27(17-19-28)23-10-6-7-11-24(23)32-2/h3-15H,16-19H2,1-2H3. The Morgan fingerprint density at radius 2 is 1.45 bits per heavy atom. The molecule has 0 aliphatic carbocycles. The first-order valence-corrected chi connectivity index (χ1v) is 12.2. The van der Waals surface area contributed by atoms with Crippen molar-refractivity contribution in [2.24, 2.45) is 0 Å². The highest BCUT2D eigenvalue weighted by atomic mass is 32.2. The molecule has 0 saturated carbocycles. The lowest BCUT2D eigenvalue weighted by Gasteiger charge is -2.36. The van der Waals surface area contributed by atoms with E-state index in [1.54, 1.807) is 61.7 Å². The van der Waals surface area contributed by atoms with Gasteiger partial charge in [0.05, 0.1) is 23.4 Å². The van der Waals surface area contributed by atoms with Gasteiger partial charge in [-0.25, -0.2) is 8.42 Å². The predicted octanol–water partition coefficient (Wildman–Crippen LogP) is 3.48. The van der Waals surface area contributed by atoms with Gasteiger partial charge in [0.25, 0.3) is 15.9 Å². The van der Waals surface area contributed by atoms with Crippen molar-refractivity contribution < 1.29 is 17.9 Å². The molecule has 1 amide bonds. The minimum atomic E-state index is -3.66. The number of hydrogen-bond donors (Lipinski definition) is 0. The Morgan fingerprint density at radius 3 is 2.09 bits per heavy atom. The molecule has 8 heteroatoms. The smallest absolute Gasteiger partial charge is 0.264 e. The minimum Gasteiger partial charge on any atom is -0.495 e. The van der Waals surface area contributed by atoms with E-state index in [2.05, 4.69) is 4.90 Å². The van der Waals surface area contributed by atoms with Crippen LogP contribution in [-0.4, -0.2) is 59.6 Å². The van der Waals surface area contributed by atoms with Gasteiger partial charge in [-0.15, -0.1) is 0 Å². The number of nitrogens with zero attached hydrogens (tertiary/aromatic N) is 3. The van der Waals surface area contributed by atoms with Gasteiger partial charge >= 0.3 is 0 Å². The largest absolute Gasteiger partial charge is 0.495 e. The molecule has 0 bridgehead atoms. The Balaban J connectivity index is 1.42. The van der Waals surface area contributed by atoms with E-state index in [0.29, 0.717) is 37.4 Å². The second-order valence-corrected chi connectivity index (χ2v) is 9.75. The zero-order valence-corrected chi connectivity index (χ0v) is 19.5. The van der Waals surface area contributed by atoms with Gasteiger partial charge in [-0.05, 0) is 48.5 Å². The van der Waals surface area contributed by atoms with Crippen LogP contribution in [0.3, 0.4) is 0 Å². The van der Waals surface area contributed by atoms with Crippen LogP contribution in [0.2, 0.25) is 0 Å². The van der Waals surface area contributed by atoms with Crippen LogP contribution in [0, 0.1) is 0 Å². The highest BCUT2D eigenvalue weighted by Gasteiger charge is 2.25. The fourth-order valence-electron chi connectivity index (χ4n) is 3.93. The topological polar surface area (TPSA) is 70.2 Å². The molecule has 1 fully saturated rings. The number of carbonyl (C=O) groups excluding carboxylic acids is 1. The van der Waals surface area contributed by atoms with Gasteiger partial charge in [0.2, 0.25) is 0 Å². The first kappa shape index (κ1) is 22.7. The van der Waals surface area contributed by atoms with Crippen LogP contribution in [-0.2, 0) is 10.0 Å². The molecular weight excluding hydrogens is 438 g/mol. The number of amides is 1. The number of piperazine rings is 1. The summed E-state index contributed by atoms with van der Waals surface area (Å²) >= 11 is 0. The SMILES string of the molecule is COc1ccccc1N1CCN(C(=O)c2ccc(N(C)S(=O)(=O)c3ccccc3)cc2)CC1. The number of methoxy groups -OCH3 is 1. The molecule has 4 rings (SSSR count). The molecule has 1 heterocycles. The maximum absolute atomic E-state index is 13.0. The van der Waals surface area contributed by atoms with Crippen molar-refractivity contribution in [3.63, 3.8) is 0 Å². The summed E-state index contributed by atoms with van der Waals surface area (Å²) < 4.78 is 32.3. The van der Waals surface area contributed by atoms with Gasteiger partial charge in [0, 0.05) is 38.8 Å². The number of carbonyl (C=O) groups is 1. The zero-order valence-electron chi connectivity index (χ0n) is 18.7. The first-order valence-electron chi connectivity index (χ1n) is 10.7. The maximum Gasteiger partial charge on any atom is 0.264 e. The Hall–Kier alpha value is -3.52. The lowest BCUT2D eigenvalue weighted by molar-refractivity contribution is 0.0746. The third kappa shape index (κ3) is 4.66. The summed E-state index contributed by atoms with van der Waals surface area (Å²) in [7, 11) is -0.494. The predicted molar refractivity (Wildman–Crippen MR) is 130 cm³/mol. The summed E-state index contributed by atoms with van der Waals surface area (Å²) in [5.74, 6) is 0.761. The average Bonchev–Trinajstić information content (AvgIpc) is 2.88. The molecular formula is C25H27N3O4S. The van der Waals surface area contributed by atoms with E-state index < -0.39 is 10.0 Å². The molecule has 0 N–H and O–H groups in total. The van der Waals surface area contributed by atoms with Gasteiger partial charge in [0.1, 0.15) is 5.75 Å². The molecule has 33 heavy (non-hydrogen) atoms. The van der Waals surface area contributed by atoms with Crippen LogP contribution >= 0.6 is 0 Å². The highest BCUT2D eigenvalue weighted by molar-refractivity contribution is 7.92. The summed E-state index contributed by atoms with van der Waals surface area (Å²) in [6.45, 7) is 2.62. The Bertz CT molecular complexity index is 1210. The average molecular weight is 466 g/mol. The van der Waals surface area contributed by atoms with E-state index in [1.165, 1.54) is 11.4 Å². The van der Waals surface area contributed by atoms with Gasteiger partial charge in [0.15, 0.2) is 0 Å². The molecule has 3 aromatic carbocycles. The number of ether oxygens (including phenoxy) is 1. The molecule has 1 saturated heterocycles. The van der Waals surface area contributed by atoms with Gasteiger partial charge in [-0.1, -0.05) is 30.3 Å². The van der Waals surface area contributed by atoms with E-state index in [4.69, 9.17) is 4.74 Å². The summed E-state index contributed by atoms with van der Waals surface area (Å²) in [6, 6.07) is 22.9. The Kier molecular flexibility index (Phi) is 6.55. The van der Waals surface area contributed by atoms with Crippen molar-refractivity contribution in [3.05, 3.63) is 84.4 Å². The van der Waals surface area contributed by atoms with Crippen LogP contribution in [0.25, 0.3) is 0 Å². The third-order valence-electron chi connectivity index (χ3n) is 5.87. The molecule has 0 atom stereocenters. The zero-order chi connectivity index (χ0) is 23.4. The molecule has 1 aliphatic heterocycles. The molecule has 3 aromatic rings. The number of anilines is 2. The fraction of sp³-hybridized carbons (Fsp3) is 0.240. The molecule has 0 radical (unpaired) electrons. The lowest BCUT2D eigenvalue weighted by Crippen LogP contribution is -2.48. The summed E-state index contributed by atoms with van der Waals surface area (Å²) in [5, 5.41) is 0. The van der Waals surface area contributed by atoms with Gasteiger partial charge in [-0.2, -0.15) is 0 Å². The lowest BCUT2D eigenvalue weighted by atomic mass is 10.1. The first-order chi connectivity index (χ1) is 15.9. The van der Waals surface area contributed by atoms with E-state index in [9.17, 15) is 13.2 Å². The molecule has 0 unspecified atom stereocenters. The van der Waals surface area contributed by atoms with Crippen molar-refractivity contribution in [1.29, 1.82) is 0 Å². The van der Waals surface area contributed by atoms with E-state index in [0.717, 1.165) is 11.4 Å². The van der Waals surface area contributed by atoms with Crippen molar-refractivity contribution in [2.75, 3.05) is 49.5 Å². The number of hydrogen-bond acceptors (Lipinski definition) is 5. The number of para-hydroxylation sites is 2. The number of rotatable bonds is 6. The van der Waals surface area contributed by atoms with Crippen LogP contribution in [0.5, 0.6) is 5.75 Å². The van der Waals surface area contributed by atoms with E-state index >= 15 is 0 Å². The van der Waals surface area contributed by atoms with Crippen molar-refractivity contribution in [3.8, 4) is 5.75 Å². The molecule has 172 valence electrons. The summed E-state index contributed by atoms with van der Waals surface area (Å²) in [5.41, 5.74) is 2.06. The number of benzene rings is 3. The van der Waals surface area contributed by atoms with Gasteiger partial charge < -0.3 is 14.5 Å². The highest BCUT2D eigenvalue weighted by Crippen LogP contribution is 2.29. The van der Waals surface area contributed by atoms with Crippen LogP contribution in [0.4, 0.5) is 11.4 Å². The van der Waals surface area contributed by atoms with Crippen LogP contribution < -0.4 is 13.9 Å². The Morgan fingerprint density at radius 1 is 0.848 bits per heavy atom. The monoisotopic (exact) mass is 465 g/mol. The second kappa shape index (κ2) is 9.54. The van der Waals surface area contributed by atoms with Crippen LogP contribution in [0.1, 0.15) is 10.4 Å². The van der Waals surface area contributed by atoms with E-state index in [-0.39, 0.29) is 10.8 Å². The van der Waals surface area contributed by atoms with Crippen molar-refractivity contribution >= 4 is 27.3 Å². The molecule has 0 aromatic heterocycles. The Labute approximate surface area is 194 Å². The van der Waals surface area contributed by atoms with Crippen molar-refractivity contribution in [1.82, 2.24) is 4.90 Å². The van der Waals surface area contributed by atoms with Crippen molar-refractivity contribution in [2.45, 2.75) is 4.90 Å². The second-order valence-electron chi connectivity index (χ2n) is 7.78. The maximum atomic E-state index is 13.0. The molecule has 0 spiro atoms. The summed E-state index contributed by atoms with van der Waals surface area (Å²) in [4.78, 5) is 17.3. The summed E-state index contributed by atoms with van der Waals surface area (Å²) in [6.07, 6.45) is 0.